The standard InChI is InChI=1S/C20H17FN2O/c1-5-17(24-4)12-20-14(2)18(13-22)19(23(20)3)11-8-15-6-9-16(21)10-7-15/h5-7,9-10,12H,2H2,1,3-4H3/b17-5+,20-12+. The third-order valence-electron chi connectivity index (χ3n) is 3.62. The molecule has 0 N–H and O–H groups in total. The van der Waals surface area contributed by atoms with Crippen molar-refractivity contribution in [1.29, 1.82) is 5.26 Å². The van der Waals surface area contributed by atoms with Gasteiger partial charge in [0.2, 0.25) is 0 Å². The van der Waals surface area contributed by atoms with Crippen molar-refractivity contribution in [2.24, 2.45) is 7.05 Å². The van der Waals surface area contributed by atoms with Crippen molar-refractivity contribution >= 4 is 12.7 Å². The van der Waals surface area contributed by atoms with Crippen molar-refractivity contribution in [1.82, 2.24) is 4.57 Å². The summed E-state index contributed by atoms with van der Waals surface area (Å²) in [6.45, 7) is 5.85. The van der Waals surface area contributed by atoms with Crippen molar-refractivity contribution in [3.63, 3.8) is 0 Å². The second-order valence-corrected chi connectivity index (χ2v) is 5.05. The van der Waals surface area contributed by atoms with Crippen LogP contribution < -0.4 is 10.6 Å². The van der Waals surface area contributed by atoms with Gasteiger partial charge in [0, 0.05) is 23.9 Å². The van der Waals surface area contributed by atoms with Gasteiger partial charge in [0.1, 0.15) is 23.3 Å². The molecule has 3 nitrogen and oxygen atoms in total. The highest BCUT2D eigenvalue weighted by Gasteiger charge is 2.09. The van der Waals surface area contributed by atoms with Crippen LogP contribution in [0.2, 0.25) is 0 Å². The Morgan fingerprint density at radius 3 is 2.50 bits per heavy atom. The lowest BCUT2D eigenvalue weighted by Gasteiger charge is -1.99. The molecule has 2 aromatic rings. The lowest BCUT2D eigenvalue weighted by molar-refractivity contribution is 0.312. The predicted molar refractivity (Wildman–Crippen MR) is 92.5 cm³/mol. The van der Waals surface area contributed by atoms with Crippen molar-refractivity contribution in [2.75, 3.05) is 7.11 Å². The third kappa shape index (κ3) is 3.39. The van der Waals surface area contributed by atoms with Crippen LogP contribution in [0.3, 0.4) is 0 Å². The summed E-state index contributed by atoms with van der Waals surface area (Å²) in [5.41, 5.74) is 1.65. The highest BCUT2D eigenvalue weighted by Crippen LogP contribution is 2.04. The molecule has 0 aliphatic carbocycles. The Balaban J connectivity index is 2.63. The first-order valence-corrected chi connectivity index (χ1v) is 7.29. The monoisotopic (exact) mass is 320 g/mol. The highest BCUT2D eigenvalue weighted by molar-refractivity contribution is 5.53. The second kappa shape index (κ2) is 7.35. The number of hydrogen-bond acceptors (Lipinski definition) is 2. The molecule has 1 heterocycles. The Morgan fingerprint density at radius 2 is 1.96 bits per heavy atom. The Kier molecular flexibility index (Phi) is 5.24. The van der Waals surface area contributed by atoms with Gasteiger partial charge in [-0.3, -0.25) is 0 Å². The van der Waals surface area contributed by atoms with Crippen LogP contribution in [0, 0.1) is 29.0 Å². The Morgan fingerprint density at radius 1 is 1.29 bits per heavy atom. The van der Waals surface area contributed by atoms with Crippen molar-refractivity contribution in [3.05, 3.63) is 69.3 Å². The van der Waals surface area contributed by atoms with E-state index in [1.165, 1.54) is 12.1 Å². The number of nitriles is 1. The van der Waals surface area contributed by atoms with Gasteiger partial charge >= 0.3 is 0 Å². The maximum absolute atomic E-state index is 13.0. The zero-order chi connectivity index (χ0) is 17.7. The van der Waals surface area contributed by atoms with E-state index in [9.17, 15) is 9.65 Å². The average molecular weight is 320 g/mol. The zero-order valence-electron chi connectivity index (χ0n) is 13.9. The molecule has 0 aliphatic heterocycles. The highest BCUT2D eigenvalue weighted by atomic mass is 19.1. The molecule has 120 valence electrons. The van der Waals surface area contributed by atoms with Gasteiger partial charge in [0.25, 0.3) is 0 Å². The van der Waals surface area contributed by atoms with Crippen LogP contribution >= 0.6 is 0 Å². The number of rotatable bonds is 2. The number of benzene rings is 1. The Hall–Kier alpha value is -3.24. The molecule has 0 aliphatic rings. The second-order valence-electron chi connectivity index (χ2n) is 5.05. The smallest absolute Gasteiger partial charge is 0.123 e. The van der Waals surface area contributed by atoms with E-state index in [0.717, 1.165) is 5.35 Å². The first-order chi connectivity index (χ1) is 11.5. The first-order valence-electron chi connectivity index (χ1n) is 7.29. The van der Waals surface area contributed by atoms with Gasteiger partial charge in [-0.25, -0.2) is 4.39 Å². The molecule has 0 radical (unpaired) electrons. The van der Waals surface area contributed by atoms with Crippen LogP contribution in [-0.2, 0) is 11.8 Å². The molecule has 0 fully saturated rings. The summed E-state index contributed by atoms with van der Waals surface area (Å²) in [6, 6.07) is 8.05. The van der Waals surface area contributed by atoms with Crippen LogP contribution in [-0.4, -0.2) is 11.7 Å². The number of nitrogens with zero attached hydrogens (tertiary/aromatic N) is 2. The molecule has 1 aromatic carbocycles. The van der Waals surface area contributed by atoms with Crippen LogP contribution in [0.5, 0.6) is 0 Å². The molecule has 0 saturated carbocycles. The van der Waals surface area contributed by atoms with Crippen molar-refractivity contribution in [2.45, 2.75) is 6.92 Å². The number of hydrogen-bond donors (Lipinski definition) is 0. The molecule has 0 saturated heterocycles. The number of allylic oxidation sites excluding steroid dienone is 2. The molecule has 24 heavy (non-hydrogen) atoms. The molecule has 0 spiro atoms. The number of halogens is 1. The van der Waals surface area contributed by atoms with E-state index in [-0.39, 0.29) is 5.82 Å². The SMILES string of the molecule is C=c1c(C#N)c(C#Cc2ccc(F)cc2)n(C)/c1=C/C(=C\C)OC. The Labute approximate surface area is 140 Å². The van der Waals surface area contributed by atoms with Gasteiger partial charge in [-0.1, -0.05) is 12.5 Å². The maximum atomic E-state index is 13.0. The Bertz CT molecular complexity index is 994. The molecule has 4 heteroatoms. The molecule has 0 unspecified atom stereocenters. The topological polar surface area (TPSA) is 38.0 Å². The quantitative estimate of drug-likeness (QED) is 0.628. The van der Waals surface area contributed by atoms with Gasteiger partial charge < -0.3 is 9.30 Å². The van der Waals surface area contributed by atoms with Crippen LogP contribution in [0.15, 0.2) is 36.1 Å². The normalized spacial score (nSPS) is 11.6. The minimum atomic E-state index is -0.312. The van der Waals surface area contributed by atoms with E-state index in [1.54, 1.807) is 23.8 Å². The molecule has 0 amide bonds. The fourth-order valence-corrected chi connectivity index (χ4v) is 2.27. The lowest BCUT2D eigenvalue weighted by Crippen LogP contribution is -2.28. The fraction of sp³-hybridized carbons (Fsp3) is 0.150. The fourth-order valence-electron chi connectivity index (χ4n) is 2.27. The molecule has 0 atom stereocenters. The molecule has 2 rings (SSSR count). The largest absolute Gasteiger partial charge is 0.497 e. The van der Waals surface area contributed by atoms with Crippen molar-refractivity contribution < 1.29 is 9.13 Å². The molecule has 1 aromatic heterocycles. The van der Waals surface area contributed by atoms with Crippen LogP contribution in [0.4, 0.5) is 4.39 Å². The molecular weight excluding hydrogens is 303 g/mol. The summed E-state index contributed by atoms with van der Waals surface area (Å²) in [7, 11) is 3.40. The lowest BCUT2D eigenvalue weighted by atomic mass is 10.2. The van der Waals surface area contributed by atoms with E-state index < -0.39 is 0 Å². The summed E-state index contributed by atoms with van der Waals surface area (Å²) in [4.78, 5) is 0. The number of aromatic nitrogens is 1. The minimum Gasteiger partial charge on any atom is -0.497 e. The summed E-state index contributed by atoms with van der Waals surface area (Å²) in [5.74, 6) is 6.29. The van der Waals surface area contributed by atoms with E-state index in [0.29, 0.717) is 27.8 Å². The number of methoxy groups -OCH3 is 1. The van der Waals surface area contributed by atoms with E-state index in [1.807, 2.05) is 26.1 Å². The average Bonchev–Trinajstić information content (AvgIpc) is 2.82. The van der Waals surface area contributed by atoms with E-state index in [4.69, 9.17) is 4.74 Å². The van der Waals surface area contributed by atoms with E-state index in [2.05, 4.69) is 24.5 Å². The van der Waals surface area contributed by atoms with Gasteiger partial charge in [-0.2, -0.15) is 5.26 Å². The maximum Gasteiger partial charge on any atom is 0.123 e. The third-order valence-corrected chi connectivity index (χ3v) is 3.62. The molecule has 0 bridgehead atoms. The van der Waals surface area contributed by atoms with Gasteiger partial charge in [-0.05, 0) is 43.2 Å². The van der Waals surface area contributed by atoms with Gasteiger partial charge in [-0.15, -0.1) is 0 Å². The molecular formula is C20H17FN2O. The minimum absolute atomic E-state index is 0.312. The van der Waals surface area contributed by atoms with Crippen LogP contribution in [0.25, 0.3) is 12.7 Å². The van der Waals surface area contributed by atoms with Gasteiger partial charge in [0.05, 0.1) is 18.0 Å². The number of ether oxygens (including phenoxy) is 1. The first kappa shape index (κ1) is 17.1. The summed E-state index contributed by atoms with van der Waals surface area (Å²) < 4.78 is 20.0. The van der Waals surface area contributed by atoms with Crippen molar-refractivity contribution in [3.8, 4) is 17.9 Å². The zero-order valence-corrected chi connectivity index (χ0v) is 13.9. The van der Waals surface area contributed by atoms with E-state index >= 15 is 0 Å². The van der Waals surface area contributed by atoms with Gasteiger partial charge in [0.15, 0.2) is 0 Å². The van der Waals surface area contributed by atoms with Crippen LogP contribution in [0.1, 0.15) is 23.7 Å². The summed E-state index contributed by atoms with van der Waals surface area (Å²) >= 11 is 0. The summed E-state index contributed by atoms with van der Waals surface area (Å²) in [5, 5.41) is 10.8. The summed E-state index contributed by atoms with van der Waals surface area (Å²) in [6.07, 6.45) is 3.63. The predicted octanol–water partition coefficient (Wildman–Crippen LogP) is 2.18.